The third kappa shape index (κ3) is 4.59. The summed E-state index contributed by atoms with van der Waals surface area (Å²) < 4.78 is 29.9. The lowest BCUT2D eigenvalue weighted by Crippen LogP contribution is -2.43. The lowest BCUT2D eigenvalue weighted by molar-refractivity contribution is -0.126. The van der Waals surface area contributed by atoms with Gasteiger partial charge in [-0.15, -0.1) is 0 Å². The molecular weight excluding hydrogens is 422 g/mol. The van der Waals surface area contributed by atoms with Crippen LogP contribution in [0.2, 0.25) is 0 Å². The lowest BCUT2D eigenvalue weighted by atomic mass is 9.97. The SMILES string of the molecule is CCn1ccc2cc(S(=O)(=O)N3CCC(C(=O)NCCc4ccccc4C)CC3)ccc21. The van der Waals surface area contributed by atoms with E-state index in [1.165, 1.54) is 15.4 Å². The van der Waals surface area contributed by atoms with Crippen LogP contribution in [0.3, 0.4) is 0 Å². The first-order valence-corrected chi connectivity index (χ1v) is 12.8. The van der Waals surface area contributed by atoms with Gasteiger partial charge in [-0.3, -0.25) is 4.79 Å². The van der Waals surface area contributed by atoms with Gasteiger partial charge in [0.05, 0.1) is 4.90 Å². The van der Waals surface area contributed by atoms with Crippen LogP contribution in [-0.4, -0.2) is 42.8 Å². The van der Waals surface area contributed by atoms with Crippen molar-refractivity contribution in [2.75, 3.05) is 19.6 Å². The molecule has 6 nitrogen and oxygen atoms in total. The van der Waals surface area contributed by atoms with Crippen LogP contribution in [-0.2, 0) is 27.8 Å². The largest absolute Gasteiger partial charge is 0.356 e. The van der Waals surface area contributed by atoms with Gasteiger partial charge in [-0.2, -0.15) is 4.31 Å². The van der Waals surface area contributed by atoms with Crippen molar-refractivity contribution in [1.29, 1.82) is 0 Å². The number of aryl methyl sites for hydroxylation is 2. The van der Waals surface area contributed by atoms with Gasteiger partial charge in [0.2, 0.25) is 15.9 Å². The van der Waals surface area contributed by atoms with E-state index in [4.69, 9.17) is 0 Å². The van der Waals surface area contributed by atoms with Crippen molar-refractivity contribution in [2.45, 2.75) is 44.6 Å². The second kappa shape index (κ2) is 9.46. The molecule has 0 radical (unpaired) electrons. The van der Waals surface area contributed by atoms with E-state index in [0.29, 0.717) is 37.4 Å². The summed E-state index contributed by atoms with van der Waals surface area (Å²) >= 11 is 0. The second-order valence-corrected chi connectivity index (χ2v) is 10.4. The summed E-state index contributed by atoms with van der Waals surface area (Å²) in [5, 5.41) is 3.96. The van der Waals surface area contributed by atoms with Gasteiger partial charge in [-0.05, 0) is 68.5 Å². The van der Waals surface area contributed by atoms with Crippen LogP contribution in [0, 0.1) is 12.8 Å². The molecule has 1 N–H and O–H groups in total. The molecule has 1 saturated heterocycles. The van der Waals surface area contributed by atoms with Crippen molar-refractivity contribution in [3.05, 3.63) is 65.9 Å². The minimum absolute atomic E-state index is 0.0259. The van der Waals surface area contributed by atoms with E-state index in [0.717, 1.165) is 23.9 Å². The molecule has 1 aliphatic heterocycles. The number of carbonyl (C=O) groups excluding carboxylic acids is 1. The third-order valence-corrected chi connectivity index (χ3v) is 8.40. The highest BCUT2D eigenvalue weighted by Crippen LogP contribution is 2.27. The molecular formula is C25H31N3O3S. The predicted molar refractivity (Wildman–Crippen MR) is 127 cm³/mol. The predicted octanol–water partition coefficient (Wildman–Crippen LogP) is 3.73. The molecule has 0 aliphatic carbocycles. The van der Waals surface area contributed by atoms with E-state index < -0.39 is 10.0 Å². The van der Waals surface area contributed by atoms with Crippen molar-refractivity contribution in [3.63, 3.8) is 0 Å². The number of nitrogens with zero attached hydrogens (tertiary/aromatic N) is 2. The van der Waals surface area contributed by atoms with Crippen molar-refractivity contribution < 1.29 is 13.2 Å². The highest BCUT2D eigenvalue weighted by molar-refractivity contribution is 7.89. The Morgan fingerprint density at radius 3 is 2.56 bits per heavy atom. The Balaban J connectivity index is 1.33. The van der Waals surface area contributed by atoms with Crippen LogP contribution in [0.4, 0.5) is 0 Å². The first kappa shape index (κ1) is 22.6. The average Bonchev–Trinajstić information content (AvgIpc) is 3.23. The fraction of sp³-hybridized carbons (Fsp3) is 0.400. The number of rotatable bonds is 7. The maximum Gasteiger partial charge on any atom is 0.243 e. The molecule has 0 atom stereocenters. The normalized spacial score (nSPS) is 15.8. The number of hydrogen-bond acceptors (Lipinski definition) is 3. The minimum Gasteiger partial charge on any atom is -0.356 e. The van der Waals surface area contributed by atoms with Crippen LogP contribution >= 0.6 is 0 Å². The van der Waals surface area contributed by atoms with Gasteiger partial charge in [-0.25, -0.2) is 8.42 Å². The summed E-state index contributed by atoms with van der Waals surface area (Å²) in [6.45, 7) is 6.31. The van der Waals surface area contributed by atoms with E-state index >= 15 is 0 Å². The topological polar surface area (TPSA) is 71.4 Å². The Morgan fingerprint density at radius 1 is 1.09 bits per heavy atom. The molecule has 1 aliphatic rings. The Bertz CT molecular complexity index is 1210. The molecule has 1 fully saturated rings. The number of hydrogen-bond donors (Lipinski definition) is 1. The molecule has 2 aromatic carbocycles. The fourth-order valence-electron chi connectivity index (χ4n) is 4.48. The van der Waals surface area contributed by atoms with Crippen molar-refractivity contribution in [3.8, 4) is 0 Å². The average molecular weight is 454 g/mol. The maximum atomic E-state index is 13.2. The molecule has 0 spiro atoms. The first-order valence-electron chi connectivity index (χ1n) is 11.3. The summed E-state index contributed by atoms with van der Waals surface area (Å²) in [5.74, 6) is -0.114. The van der Waals surface area contributed by atoms with Crippen LogP contribution < -0.4 is 5.32 Å². The molecule has 0 unspecified atom stereocenters. The van der Waals surface area contributed by atoms with Gasteiger partial charge in [-0.1, -0.05) is 24.3 Å². The quantitative estimate of drug-likeness (QED) is 0.593. The van der Waals surface area contributed by atoms with Crippen molar-refractivity contribution >= 4 is 26.8 Å². The van der Waals surface area contributed by atoms with Crippen LogP contribution in [0.25, 0.3) is 10.9 Å². The maximum absolute atomic E-state index is 13.2. The molecule has 1 aromatic heterocycles. The third-order valence-electron chi connectivity index (χ3n) is 6.50. The molecule has 4 rings (SSSR count). The minimum atomic E-state index is -3.57. The Hall–Kier alpha value is -2.64. The number of aromatic nitrogens is 1. The Kier molecular flexibility index (Phi) is 6.67. The van der Waals surface area contributed by atoms with E-state index in [2.05, 4.69) is 35.9 Å². The molecule has 3 aromatic rings. The Labute approximate surface area is 190 Å². The summed E-state index contributed by atoms with van der Waals surface area (Å²) in [4.78, 5) is 12.9. The van der Waals surface area contributed by atoms with Crippen LogP contribution in [0.5, 0.6) is 0 Å². The molecule has 170 valence electrons. The highest BCUT2D eigenvalue weighted by atomic mass is 32.2. The summed E-state index contributed by atoms with van der Waals surface area (Å²) in [6, 6.07) is 15.4. The van der Waals surface area contributed by atoms with Gasteiger partial charge >= 0.3 is 0 Å². The van der Waals surface area contributed by atoms with Crippen molar-refractivity contribution in [1.82, 2.24) is 14.2 Å². The first-order chi connectivity index (χ1) is 15.4. The molecule has 7 heteroatoms. The highest BCUT2D eigenvalue weighted by Gasteiger charge is 2.32. The van der Waals surface area contributed by atoms with Gasteiger partial charge in [0, 0.05) is 49.2 Å². The summed E-state index contributed by atoms with van der Waals surface area (Å²) in [7, 11) is -3.57. The van der Waals surface area contributed by atoms with Crippen molar-refractivity contribution in [2.24, 2.45) is 5.92 Å². The molecule has 32 heavy (non-hydrogen) atoms. The standard InChI is InChI=1S/C25H31N3O3S/c1-3-27-15-11-22-18-23(8-9-24(22)27)32(30,31)28-16-12-21(13-17-28)25(29)26-14-10-20-7-5-4-6-19(20)2/h4-9,11,15,18,21H,3,10,12-14,16-17H2,1-2H3,(H,26,29). The van der Waals surface area contributed by atoms with E-state index in [9.17, 15) is 13.2 Å². The summed E-state index contributed by atoms with van der Waals surface area (Å²) in [6.07, 6.45) is 3.87. The van der Waals surface area contributed by atoms with E-state index in [1.54, 1.807) is 12.1 Å². The zero-order chi connectivity index (χ0) is 22.7. The number of nitrogens with one attached hydrogen (secondary N) is 1. The number of benzene rings is 2. The number of carbonyl (C=O) groups is 1. The van der Waals surface area contributed by atoms with Gasteiger partial charge in [0.25, 0.3) is 0 Å². The number of piperidine rings is 1. The van der Waals surface area contributed by atoms with Gasteiger partial charge in [0.15, 0.2) is 0 Å². The lowest BCUT2D eigenvalue weighted by Gasteiger charge is -2.30. The zero-order valence-electron chi connectivity index (χ0n) is 18.8. The summed E-state index contributed by atoms with van der Waals surface area (Å²) in [5.41, 5.74) is 3.50. The molecule has 0 saturated carbocycles. The zero-order valence-corrected chi connectivity index (χ0v) is 19.6. The van der Waals surface area contributed by atoms with Gasteiger partial charge in [0.1, 0.15) is 0 Å². The fourth-order valence-corrected chi connectivity index (χ4v) is 5.98. The Morgan fingerprint density at radius 2 is 1.84 bits per heavy atom. The molecule has 0 bridgehead atoms. The molecule has 1 amide bonds. The number of fused-ring (bicyclic) bond motifs is 1. The van der Waals surface area contributed by atoms with E-state index in [-0.39, 0.29) is 11.8 Å². The number of amides is 1. The number of sulfonamides is 1. The monoisotopic (exact) mass is 453 g/mol. The van der Waals surface area contributed by atoms with Gasteiger partial charge < -0.3 is 9.88 Å². The van der Waals surface area contributed by atoms with Crippen LogP contribution in [0.1, 0.15) is 30.9 Å². The smallest absolute Gasteiger partial charge is 0.243 e. The molecule has 2 heterocycles. The second-order valence-electron chi connectivity index (χ2n) is 8.47. The van der Waals surface area contributed by atoms with Crippen LogP contribution in [0.15, 0.2) is 59.6 Å². The van der Waals surface area contributed by atoms with E-state index in [1.807, 2.05) is 30.5 Å².